The molecule has 0 unspecified atom stereocenters. The molecule has 1 N–H and O–H groups in total. The molecule has 0 aromatic heterocycles. The summed E-state index contributed by atoms with van der Waals surface area (Å²) in [5, 5.41) is 2.94. The number of unbranched alkanes of at least 4 members (excludes halogenated alkanes) is 15. The summed E-state index contributed by atoms with van der Waals surface area (Å²) in [6, 6.07) is 0. The highest BCUT2D eigenvalue weighted by Gasteiger charge is 1.98. The highest BCUT2D eigenvalue weighted by Crippen LogP contribution is 2.13. The molecule has 2 heteroatoms. The smallest absolute Gasteiger partial charge is 0.223 e. The van der Waals surface area contributed by atoms with E-state index in [0.717, 1.165) is 19.4 Å². The lowest BCUT2D eigenvalue weighted by atomic mass is 10.0. The third kappa shape index (κ3) is 19.5. The minimum atomic E-state index is 0.0958. The third-order valence-electron chi connectivity index (χ3n) is 4.72. The van der Waals surface area contributed by atoms with E-state index < -0.39 is 0 Å². The van der Waals surface area contributed by atoms with Crippen molar-refractivity contribution in [3.8, 4) is 0 Å². The Labute approximate surface area is 152 Å². The van der Waals surface area contributed by atoms with Crippen molar-refractivity contribution in [2.45, 2.75) is 123 Å². The Morgan fingerprint density at radius 2 is 1.00 bits per heavy atom. The summed E-state index contributed by atoms with van der Waals surface area (Å²) in [5.41, 5.74) is 0. The molecule has 0 bridgehead atoms. The zero-order valence-corrected chi connectivity index (χ0v) is 16.7. The Balaban J connectivity index is 3.01. The fourth-order valence-corrected chi connectivity index (χ4v) is 3.14. The molecule has 0 aliphatic carbocycles. The minimum Gasteiger partial charge on any atom is -0.356 e. The molecule has 1 amide bonds. The van der Waals surface area contributed by atoms with Gasteiger partial charge in [-0.25, -0.2) is 0 Å². The fraction of sp³-hybridized carbons (Fsp3) is 0.909. The van der Waals surface area contributed by atoms with Gasteiger partial charge < -0.3 is 5.32 Å². The van der Waals surface area contributed by atoms with E-state index in [0.29, 0.717) is 0 Å². The first-order valence-electron chi connectivity index (χ1n) is 10.9. The van der Waals surface area contributed by atoms with E-state index in [1.807, 2.05) is 6.92 Å². The maximum Gasteiger partial charge on any atom is 0.223 e. The molecular formula is C22H44NO. The molecule has 0 atom stereocenters. The van der Waals surface area contributed by atoms with Gasteiger partial charge in [0, 0.05) is 13.0 Å². The normalized spacial score (nSPS) is 10.9. The van der Waals surface area contributed by atoms with E-state index in [2.05, 4.69) is 12.2 Å². The quantitative estimate of drug-likeness (QED) is 0.253. The molecule has 0 spiro atoms. The first kappa shape index (κ1) is 23.5. The predicted molar refractivity (Wildman–Crippen MR) is 107 cm³/mol. The maximum absolute atomic E-state index is 11.2. The van der Waals surface area contributed by atoms with Gasteiger partial charge in [0.15, 0.2) is 0 Å². The van der Waals surface area contributed by atoms with Crippen molar-refractivity contribution in [1.29, 1.82) is 0 Å². The summed E-state index contributed by atoms with van der Waals surface area (Å²) in [4.78, 5) is 11.2. The summed E-state index contributed by atoms with van der Waals surface area (Å²) in [6.45, 7) is 5.12. The van der Waals surface area contributed by atoms with Crippen molar-refractivity contribution in [2.24, 2.45) is 0 Å². The van der Waals surface area contributed by atoms with Gasteiger partial charge in [-0.2, -0.15) is 0 Å². The van der Waals surface area contributed by atoms with Crippen molar-refractivity contribution in [3.63, 3.8) is 0 Å². The standard InChI is InChI=1S/C22H44NO/c1-3-5-6-7-8-9-10-11-12-13-14-15-16-17-18-19-21-23-22(24)20-4-2/h20H,3-19,21H2,1-2H3,(H,23,24). The van der Waals surface area contributed by atoms with Crippen LogP contribution in [0.25, 0.3) is 0 Å². The van der Waals surface area contributed by atoms with Crippen LogP contribution in [0.3, 0.4) is 0 Å². The molecular weight excluding hydrogens is 294 g/mol. The van der Waals surface area contributed by atoms with Gasteiger partial charge in [-0.3, -0.25) is 4.79 Å². The van der Waals surface area contributed by atoms with E-state index in [-0.39, 0.29) is 5.91 Å². The Hall–Kier alpha value is -0.530. The number of rotatable bonds is 19. The van der Waals surface area contributed by atoms with Crippen LogP contribution < -0.4 is 5.32 Å². The first-order chi connectivity index (χ1) is 11.8. The van der Waals surface area contributed by atoms with Gasteiger partial charge in [0.05, 0.1) is 0 Å². The van der Waals surface area contributed by atoms with Crippen molar-refractivity contribution < 1.29 is 4.79 Å². The maximum atomic E-state index is 11.2. The average Bonchev–Trinajstić information content (AvgIpc) is 2.58. The third-order valence-corrected chi connectivity index (χ3v) is 4.72. The van der Waals surface area contributed by atoms with Crippen LogP contribution in [0, 0.1) is 6.42 Å². The monoisotopic (exact) mass is 338 g/mol. The summed E-state index contributed by atoms with van der Waals surface area (Å²) < 4.78 is 0. The summed E-state index contributed by atoms with van der Waals surface area (Å²) >= 11 is 0. The highest BCUT2D eigenvalue weighted by atomic mass is 16.1. The Bertz CT molecular complexity index is 252. The van der Waals surface area contributed by atoms with Crippen LogP contribution in [0.2, 0.25) is 0 Å². The van der Waals surface area contributed by atoms with Crippen LogP contribution in [-0.2, 0) is 4.79 Å². The summed E-state index contributed by atoms with van der Waals surface area (Å²) in [7, 11) is 0. The van der Waals surface area contributed by atoms with E-state index in [1.54, 1.807) is 6.42 Å². The average molecular weight is 339 g/mol. The second-order valence-corrected chi connectivity index (χ2v) is 7.21. The van der Waals surface area contributed by atoms with E-state index in [9.17, 15) is 4.79 Å². The van der Waals surface area contributed by atoms with Gasteiger partial charge in [-0.1, -0.05) is 110 Å². The Kier molecular flexibility index (Phi) is 20.1. The number of hydrogen-bond donors (Lipinski definition) is 1. The topological polar surface area (TPSA) is 29.1 Å². The predicted octanol–water partition coefficient (Wildman–Crippen LogP) is 6.98. The molecule has 24 heavy (non-hydrogen) atoms. The molecule has 0 aromatic carbocycles. The SMILES string of the molecule is CC[CH]C(=O)NCCCCCCCCCCCCCCCCCC. The molecule has 0 rings (SSSR count). The molecule has 0 fully saturated rings. The van der Waals surface area contributed by atoms with E-state index >= 15 is 0 Å². The molecule has 0 aromatic rings. The Morgan fingerprint density at radius 3 is 1.38 bits per heavy atom. The van der Waals surface area contributed by atoms with Gasteiger partial charge >= 0.3 is 0 Å². The van der Waals surface area contributed by atoms with Gasteiger partial charge in [-0.05, 0) is 12.8 Å². The molecule has 0 heterocycles. The number of nitrogens with one attached hydrogen (secondary N) is 1. The number of hydrogen-bond acceptors (Lipinski definition) is 1. The first-order valence-corrected chi connectivity index (χ1v) is 10.9. The van der Waals surface area contributed by atoms with E-state index in [1.165, 1.54) is 96.3 Å². The van der Waals surface area contributed by atoms with Gasteiger partial charge in [0.1, 0.15) is 0 Å². The van der Waals surface area contributed by atoms with Gasteiger partial charge in [0.25, 0.3) is 0 Å². The largest absolute Gasteiger partial charge is 0.356 e. The number of carbonyl (C=O) groups is 1. The summed E-state index contributed by atoms with van der Waals surface area (Å²) in [6.07, 6.45) is 24.8. The second kappa shape index (κ2) is 20.5. The number of carbonyl (C=O) groups excluding carboxylic acids is 1. The van der Waals surface area contributed by atoms with Crippen LogP contribution in [-0.4, -0.2) is 12.5 Å². The van der Waals surface area contributed by atoms with Crippen molar-refractivity contribution >= 4 is 5.91 Å². The molecule has 0 saturated heterocycles. The zero-order valence-electron chi connectivity index (χ0n) is 16.7. The lowest BCUT2D eigenvalue weighted by molar-refractivity contribution is -0.117. The van der Waals surface area contributed by atoms with E-state index in [4.69, 9.17) is 0 Å². The van der Waals surface area contributed by atoms with Crippen molar-refractivity contribution in [2.75, 3.05) is 6.54 Å². The highest BCUT2D eigenvalue weighted by molar-refractivity contribution is 5.84. The lowest BCUT2D eigenvalue weighted by Gasteiger charge is -2.05. The fourth-order valence-electron chi connectivity index (χ4n) is 3.14. The lowest BCUT2D eigenvalue weighted by Crippen LogP contribution is -2.24. The molecule has 1 radical (unpaired) electrons. The number of amides is 1. The molecule has 0 aliphatic rings. The molecule has 0 saturated carbocycles. The van der Waals surface area contributed by atoms with Crippen molar-refractivity contribution in [3.05, 3.63) is 6.42 Å². The van der Waals surface area contributed by atoms with Crippen LogP contribution in [0.5, 0.6) is 0 Å². The zero-order chi connectivity index (χ0) is 17.7. The van der Waals surface area contributed by atoms with Crippen LogP contribution in [0.15, 0.2) is 0 Å². The van der Waals surface area contributed by atoms with Gasteiger partial charge in [-0.15, -0.1) is 0 Å². The summed E-state index contributed by atoms with van der Waals surface area (Å²) in [5.74, 6) is 0.0958. The van der Waals surface area contributed by atoms with Crippen LogP contribution in [0.4, 0.5) is 0 Å². The van der Waals surface area contributed by atoms with Gasteiger partial charge in [0.2, 0.25) is 5.91 Å². The minimum absolute atomic E-state index is 0.0958. The molecule has 0 aliphatic heterocycles. The Morgan fingerprint density at radius 1 is 0.625 bits per heavy atom. The second-order valence-electron chi connectivity index (χ2n) is 7.21. The molecule has 2 nitrogen and oxygen atoms in total. The van der Waals surface area contributed by atoms with Crippen molar-refractivity contribution in [1.82, 2.24) is 5.32 Å². The van der Waals surface area contributed by atoms with Crippen LogP contribution in [0.1, 0.15) is 123 Å². The molecule has 143 valence electrons. The van der Waals surface area contributed by atoms with Crippen LogP contribution >= 0.6 is 0 Å².